The largest absolute Gasteiger partial charge is 0.296 e. The van der Waals surface area contributed by atoms with Crippen LogP contribution in [-0.2, 0) is 0 Å². The third-order valence-corrected chi connectivity index (χ3v) is 5.63. The van der Waals surface area contributed by atoms with E-state index in [1.165, 1.54) is 61.4 Å². The lowest BCUT2D eigenvalue weighted by Crippen LogP contribution is -2.34. The van der Waals surface area contributed by atoms with Gasteiger partial charge in [0, 0.05) is 23.3 Å². The zero-order valence-corrected chi connectivity index (χ0v) is 14.5. The fraction of sp³-hybridized carbons (Fsp3) is 0.450. The van der Waals surface area contributed by atoms with E-state index in [4.69, 9.17) is 0 Å². The average molecular weight is 327 g/mol. The lowest BCUT2D eigenvalue weighted by molar-refractivity contribution is 0.146. The number of pyridine rings is 1. The van der Waals surface area contributed by atoms with E-state index in [1.807, 2.05) is 24.2 Å². The number of nitrogens with zero attached hydrogens (tertiary/aromatic N) is 2. The molecule has 0 unspecified atom stereocenters. The van der Waals surface area contributed by atoms with Gasteiger partial charge in [-0.05, 0) is 68.3 Å². The van der Waals surface area contributed by atoms with Gasteiger partial charge in [-0.25, -0.2) is 0 Å². The molecule has 0 radical (unpaired) electrons. The summed E-state index contributed by atoms with van der Waals surface area (Å²) in [5.74, 6) is 1.22. The van der Waals surface area contributed by atoms with Crippen molar-refractivity contribution in [2.45, 2.75) is 43.0 Å². The van der Waals surface area contributed by atoms with Crippen molar-refractivity contribution in [1.82, 2.24) is 9.88 Å². The Hall–Kier alpha value is -1.32. The second kappa shape index (κ2) is 9.09. The van der Waals surface area contributed by atoms with Gasteiger partial charge in [0.2, 0.25) is 0 Å². The van der Waals surface area contributed by atoms with Gasteiger partial charge in [-0.15, -0.1) is 11.8 Å². The molecule has 0 saturated carbocycles. The van der Waals surface area contributed by atoms with Crippen molar-refractivity contribution in [2.24, 2.45) is 0 Å². The second-order valence-corrected chi connectivity index (χ2v) is 7.37. The van der Waals surface area contributed by atoms with Gasteiger partial charge in [0.05, 0.1) is 0 Å². The molecular formula is C20H26N2S. The summed E-state index contributed by atoms with van der Waals surface area (Å²) < 4.78 is 0. The van der Waals surface area contributed by atoms with Gasteiger partial charge < -0.3 is 0 Å². The maximum absolute atomic E-state index is 4.31. The third kappa shape index (κ3) is 5.08. The maximum Gasteiger partial charge on any atom is 0.0363 e. The number of thioether (sulfide) groups is 1. The Morgan fingerprint density at radius 1 is 1.04 bits per heavy atom. The molecule has 1 saturated heterocycles. The summed E-state index contributed by atoms with van der Waals surface area (Å²) >= 11 is 1.98. The van der Waals surface area contributed by atoms with Crippen molar-refractivity contribution in [2.75, 3.05) is 18.8 Å². The smallest absolute Gasteiger partial charge is 0.0363 e. The SMILES string of the molecule is c1ccc(SCCCCN2CCCC[C@H]2c2cccnc2)cc1. The van der Waals surface area contributed by atoms with Crippen LogP contribution in [0.15, 0.2) is 59.8 Å². The molecule has 0 bridgehead atoms. The lowest BCUT2D eigenvalue weighted by Gasteiger charge is -2.35. The zero-order chi connectivity index (χ0) is 15.7. The van der Waals surface area contributed by atoms with E-state index in [1.54, 1.807) is 0 Å². The van der Waals surface area contributed by atoms with Crippen LogP contribution in [0.25, 0.3) is 0 Å². The topological polar surface area (TPSA) is 16.1 Å². The number of rotatable bonds is 7. The maximum atomic E-state index is 4.31. The molecule has 2 nitrogen and oxygen atoms in total. The molecule has 0 amide bonds. The number of aromatic nitrogens is 1. The van der Waals surface area contributed by atoms with Crippen LogP contribution in [0.4, 0.5) is 0 Å². The molecule has 1 aromatic heterocycles. The minimum Gasteiger partial charge on any atom is -0.296 e. The van der Waals surface area contributed by atoms with E-state index in [-0.39, 0.29) is 0 Å². The number of hydrogen-bond acceptors (Lipinski definition) is 3. The Morgan fingerprint density at radius 2 is 1.96 bits per heavy atom. The number of likely N-dealkylation sites (tertiary alicyclic amines) is 1. The van der Waals surface area contributed by atoms with Crippen molar-refractivity contribution in [3.8, 4) is 0 Å². The summed E-state index contributed by atoms with van der Waals surface area (Å²) in [6, 6.07) is 15.6. The summed E-state index contributed by atoms with van der Waals surface area (Å²) in [5.41, 5.74) is 1.39. The molecule has 3 heteroatoms. The molecule has 122 valence electrons. The monoisotopic (exact) mass is 326 g/mol. The molecule has 1 aliphatic heterocycles. The summed E-state index contributed by atoms with van der Waals surface area (Å²) in [7, 11) is 0. The van der Waals surface area contributed by atoms with Crippen molar-refractivity contribution in [3.05, 3.63) is 60.4 Å². The first kappa shape index (κ1) is 16.5. The van der Waals surface area contributed by atoms with E-state index in [0.29, 0.717) is 6.04 Å². The first-order valence-electron chi connectivity index (χ1n) is 8.75. The molecular weight excluding hydrogens is 300 g/mol. The van der Waals surface area contributed by atoms with Gasteiger partial charge in [-0.2, -0.15) is 0 Å². The Kier molecular flexibility index (Phi) is 6.54. The highest BCUT2D eigenvalue weighted by Gasteiger charge is 2.23. The van der Waals surface area contributed by atoms with Crippen LogP contribution >= 0.6 is 11.8 Å². The molecule has 2 heterocycles. The normalized spacial score (nSPS) is 18.9. The van der Waals surface area contributed by atoms with Crippen molar-refractivity contribution in [1.29, 1.82) is 0 Å². The summed E-state index contributed by atoms with van der Waals surface area (Å²) in [4.78, 5) is 8.37. The van der Waals surface area contributed by atoms with Crippen molar-refractivity contribution >= 4 is 11.8 Å². The van der Waals surface area contributed by atoms with E-state index >= 15 is 0 Å². The number of unbranched alkanes of at least 4 members (excludes halogenated alkanes) is 1. The van der Waals surface area contributed by atoms with Crippen molar-refractivity contribution < 1.29 is 0 Å². The van der Waals surface area contributed by atoms with Crippen LogP contribution < -0.4 is 0 Å². The van der Waals surface area contributed by atoms with Gasteiger partial charge >= 0.3 is 0 Å². The second-order valence-electron chi connectivity index (χ2n) is 6.20. The van der Waals surface area contributed by atoms with Gasteiger partial charge in [-0.3, -0.25) is 9.88 Å². The first-order chi connectivity index (χ1) is 11.4. The minimum absolute atomic E-state index is 0.583. The Bertz CT molecular complexity index is 558. The molecule has 0 aliphatic carbocycles. The van der Waals surface area contributed by atoms with Gasteiger partial charge in [0.25, 0.3) is 0 Å². The Labute approximate surface area is 144 Å². The van der Waals surface area contributed by atoms with Crippen LogP contribution in [0.2, 0.25) is 0 Å². The first-order valence-corrected chi connectivity index (χ1v) is 9.74. The van der Waals surface area contributed by atoms with E-state index in [2.05, 4.69) is 52.3 Å². The summed E-state index contributed by atoms with van der Waals surface area (Å²) in [5, 5.41) is 0. The third-order valence-electron chi connectivity index (χ3n) is 4.53. The molecule has 2 aromatic rings. The minimum atomic E-state index is 0.583. The predicted molar refractivity (Wildman–Crippen MR) is 98.8 cm³/mol. The fourth-order valence-electron chi connectivity index (χ4n) is 3.33. The summed E-state index contributed by atoms with van der Waals surface area (Å²) in [6.07, 6.45) is 10.5. The Morgan fingerprint density at radius 3 is 2.78 bits per heavy atom. The van der Waals surface area contributed by atoms with Crippen LogP contribution in [0.1, 0.15) is 43.7 Å². The molecule has 1 aromatic carbocycles. The fourth-order valence-corrected chi connectivity index (χ4v) is 4.27. The number of hydrogen-bond donors (Lipinski definition) is 0. The Balaban J connectivity index is 1.43. The molecule has 0 N–H and O–H groups in total. The van der Waals surface area contributed by atoms with E-state index in [0.717, 1.165) is 0 Å². The highest BCUT2D eigenvalue weighted by Crippen LogP contribution is 2.30. The van der Waals surface area contributed by atoms with Gasteiger partial charge in [0.1, 0.15) is 0 Å². The van der Waals surface area contributed by atoms with Gasteiger partial charge in [-0.1, -0.05) is 30.7 Å². The van der Waals surface area contributed by atoms with E-state index < -0.39 is 0 Å². The highest BCUT2D eigenvalue weighted by molar-refractivity contribution is 7.99. The molecule has 1 fully saturated rings. The number of benzene rings is 1. The van der Waals surface area contributed by atoms with E-state index in [9.17, 15) is 0 Å². The molecule has 1 atom stereocenters. The summed E-state index contributed by atoms with van der Waals surface area (Å²) in [6.45, 7) is 2.46. The standard InChI is InChI=1S/C20H26N2S/c1-2-10-19(11-3-1)23-16-7-6-15-22-14-5-4-12-20(22)18-9-8-13-21-17-18/h1-3,8-11,13,17,20H,4-7,12,14-16H2/t20-/m0/s1. The highest BCUT2D eigenvalue weighted by atomic mass is 32.2. The van der Waals surface area contributed by atoms with Gasteiger partial charge in [0.15, 0.2) is 0 Å². The van der Waals surface area contributed by atoms with Crippen LogP contribution in [0, 0.1) is 0 Å². The predicted octanol–water partition coefficient (Wildman–Crippen LogP) is 5.18. The zero-order valence-electron chi connectivity index (χ0n) is 13.7. The van der Waals surface area contributed by atoms with Crippen molar-refractivity contribution in [3.63, 3.8) is 0 Å². The lowest BCUT2D eigenvalue weighted by atomic mass is 9.96. The molecule has 23 heavy (non-hydrogen) atoms. The molecule has 1 aliphatic rings. The van der Waals surface area contributed by atoms with Crippen LogP contribution in [0.5, 0.6) is 0 Å². The van der Waals surface area contributed by atoms with Crippen LogP contribution in [0.3, 0.4) is 0 Å². The molecule has 3 rings (SSSR count). The number of piperidine rings is 1. The molecule has 0 spiro atoms. The average Bonchev–Trinajstić information content (AvgIpc) is 2.63. The van der Waals surface area contributed by atoms with Crippen LogP contribution in [-0.4, -0.2) is 28.7 Å². The quantitative estimate of drug-likeness (QED) is 0.515.